The highest BCUT2D eigenvalue weighted by molar-refractivity contribution is 9.10. The van der Waals surface area contributed by atoms with Gasteiger partial charge in [0.15, 0.2) is 0 Å². The summed E-state index contributed by atoms with van der Waals surface area (Å²) < 4.78 is 1.04. The monoisotopic (exact) mass is 380 g/mol. The number of carbonyl (C=O) groups excluding carboxylic acids is 1. The Kier molecular flexibility index (Phi) is 6.43. The summed E-state index contributed by atoms with van der Waals surface area (Å²) in [5.74, 6) is 0.00493. The summed E-state index contributed by atoms with van der Waals surface area (Å²) in [7, 11) is 0. The molecule has 0 aliphatic heterocycles. The summed E-state index contributed by atoms with van der Waals surface area (Å²) in [6, 6.07) is 13.4. The number of anilines is 1. The molecule has 0 saturated heterocycles. The van der Waals surface area contributed by atoms with Gasteiger partial charge in [-0.2, -0.15) is 0 Å². The first-order chi connectivity index (χ1) is 10.5. The number of hydrogen-bond donors (Lipinski definition) is 2. The molecule has 0 atom stereocenters. The first-order valence-corrected chi connectivity index (χ1v) is 8.23. The van der Waals surface area contributed by atoms with Gasteiger partial charge in [-0.3, -0.25) is 4.79 Å². The molecule has 0 saturated carbocycles. The minimum Gasteiger partial charge on any atom is -0.326 e. The molecule has 3 nitrogen and oxygen atoms in total. The van der Waals surface area contributed by atoms with Crippen molar-refractivity contribution >= 4 is 39.1 Å². The van der Waals surface area contributed by atoms with E-state index >= 15 is 0 Å². The van der Waals surface area contributed by atoms with Crippen LogP contribution in [0.5, 0.6) is 0 Å². The Morgan fingerprint density at radius 2 is 1.91 bits per heavy atom. The van der Waals surface area contributed by atoms with Crippen LogP contribution in [0.3, 0.4) is 0 Å². The predicted molar refractivity (Wildman–Crippen MR) is 95.3 cm³/mol. The molecule has 0 aliphatic carbocycles. The van der Waals surface area contributed by atoms with Crippen molar-refractivity contribution in [3.63, 3.8) is 0 Å². The Hall–Kier alpha value is -1.36. The second kappa shape index (κ2) is 8.32. The van der Waals surface area contributed by atoms with E-state index in [2.05, 4.69) is 26.6 Å². The van der Waals surface area contributed by atoms with Gasteiger partial charge in [-0.15, -0.1) is 0 Å². The van der Waals surface area contributed by atoms with Crippen LogP contribution in [0.4, 0.5) is 5.69 Å². The fourth-order valence-electron chi connectivity index (χ4n) is 1.98. The van der Waals surface area contributed by atoms with E-state index in [1.54, 1.807) is 0 Å². The largest absolute Gasteiger partial charge is 0.326 e. The molecule has 5 heteroatoms. The van der Waals surface area contributed by atoms with E-state index in [-0.39, 0.29) is 5.91 Å². The highest BCUT2D eigenvalue weighted by atomic mass is 79.9. The topological polar surface area (TPSA) is 41.1 Å². The maximum Gasteiger partial charge on any atom is 0.225 e. The van der Waals surface area contributed by atoms with E-state index in [1.165, 1.54) is 0 Å². The fourth-order valence-corrected chi connectivity index (χ4v) is 2.36. The van der Waals surface area contributed by atoms with Gasteiger partial charge in [0.25, 0.3) is 0 Å². The molecule has 0 spiro atoms. The van der Waals surface area contributed by atoms with Gasteiger partial charge in [-0.1, -0.05) is 39.7 Å². The van der Waals surface area contributed by atoms with Gasteiger partial charge in [-0.05, 0) is 48.4 Å². The van der Waals surface area contributed by atoms with Crippen LogP contribution in [0.15, 0.2) is 46.9 Å². The quantitative estimate of drug-likeness (QED) is 0.722. The minimum absolute atomic E-state index is 0.00493. The van der Waals surface area contributed by atoms with Gasteiger partial charge >= 0.3 is 0 Å². The lowest BCUT2D eigenvalue weighted by Gasteiger charge is -2.08. The summed E-state index contributed by atoms with van der Waals surface area (Å²) in [5, 5.41) is 6.88. The maximum absolute atomic E-state index is 11.9. The highest BCUT2D eigenvalue weighted by Crippen LogP contribution is 2.20. The van der Waals surface area contributed by atoms with Gasteiger partial charge in [0.2, 0.25) is 5.91 Å². The molecule has 2 rings (SSSR count). The normalized spacial score (nSPS) is 10.5. The summed E-state index contributed by atoms with van der Waals surface area (Å²) in [5.41, 5.74) is 3.07. The number of aryl methyl sites for hydroxylation is 1. The Morgan fingerprint density at radius 1 is 1.18 bits per heavy atom. The molecule has 2 aromatic carbocycles. The maximum atomic E-state index is 11.9. The second-order valence-corrected chi connectivity index (χ2v) is 6.36. The Balaban J connectivity index is 1.71. The first kappa shape index (κ1) is 17.0. The van der Waals surface area contributed by atoms with Crippen LogP contribution >= 0.6 is 27.5 Å². The molecular weight excluding hydrogens is 364 g/mol. The molecule has 0 unspecified atom stereocenters. The van der Waals surface area contributed by atoms with Crippen molar-refractivity contribution in [1.29, 1.82) is 0 Å². The lowest BCUT2D eigenvalue weighted by molar-refractivity contribution is -0.116. The summed E-state index contributed by atoms with van der Waals surface area (Å²) in [6.07, 6.45) is 0.433. The van der Waals surface area contributed by atoms with E-state index in [1.807, 2.05) is 49.4 Å². The lowest BCUT2D eigenvalue weighted by atomic mass is 10.2. The molecule has 0 radical (unpaired) electrons. The van der Waals surface area contributed by atoms with Crippen LogP contribution < -0.4 is 10.6 Å². The average Bonchev–Trinajstić information content (AvgIpc) is 2.49. The van der Waals surface area contributed by atoms with Crippen LogP contribution in [0.1, 0.15) is 17.5 Å². The molecule has 0 fully saturated rings. The molecule has 2 N–H and O–H groups in total. The van der Waals surface area contributed by atoms with Crippen LogP contribution in [-0.4, -0.2) is 12.5 Å². The molecule has 2 aromatic rings. The standard InChI is InChI=1S/C17H18BrClN2O/c1-12-10-15(6-7-16(12)18)21-17(22)8-9-20-11-13-2-4-14(19)5-3-13/h2-7,10,20H,8-9,11H2,1H3,(H,21,22). The number of hydrogen-bond acceptors (Lipinski definition) is 2. The number of rotatable bonds is 6. The van der Waals surface area contributed by atoms with Crippen molar-refractivity contribution in [2.75, 3.05) is 11.9 Å². The summed E-state index contributed by atoms with van der Waals surface area (Å²) in [6.45, 7) is 3.35. The molecule has 0 bridgehead atoms. The van der Waals surface area contributed by atoms with Crippen molar-refractivity contribution < 1.29 is 4.79 Å². The summed E-state index contributed by atoms with van der Waals surface area (Å²) in [4.78, 5) is 11.9. The van der Waals surface area contributed by atoms with Crippen LogP contribution in [0, 0.1) is 6.92 Å². The average molecular weight is 382 g/mol. The Labute approximate surface area is 144 Å². The number of amides is 1. The molecule has 0 aliphatic rings. The smallest absolute Gasteiger partial charge is 0.225 e. The van der Waals surface area contributed by atoms with Crippen LogP contribution in [0.25, 0.3) is 0 Å². The fraction of sp³-hybridized carbons (Fsp3) is 0.235. The van der Waals surface area contributed by atoms with Crippen molar-refractivity contribution in [3.05, 3.63) is 63.1 Å². The van der Waals surface area contributed by atoms with Crippen molar-refractivity contribution in [2.45, 2.75) is 19.9 Å². The highest BCUT2D eigenvalue weighted by Gasteiger charge is 2.03. The molecule has 22 heavy (non-hydrogen) atoms. The molecule has 0 aromatic heterocycles. The molecular formula is C17H18BrClN2O. The minimum atomic E-state index is 0.00493. The molecule has 1 amide bonds. The zero-order chi connectivity index (χ0) is 15.9. The van der Waals surface area contributed by atoms with E-state index in [0.29, 0.717) is 13.0 Å². The van der Waals surface area contributed by atoms with Crippen LogP contribution in [-0.2, 0) is 11.3 Å². The number of nitrogens with one attached hydrogen (secondary N) is 2. The Bertz CT molecular complexity index is 644. The number of benzene rings is 2. The van der Waals surface area contributed by atoms with Crippen molar-refractivity contribution in [1.82, 2.24) is 5.32 Å². The SMILES string of the molecule is Cc1cc(NC(=O)CCNCc2ccc(Cl)cc2)ccc1Br. The third-order valence-electron chi connectivity index (χ3n) is 3.21. The van der Waals surface area contributed by atoms with E-state index < -0.39 is 0 Å². The second-order valence-electron chi connectivity index (χ2n) is 5.07. The number of halogens is 2. The van der Waals surface area contributed by atoms with Gasteiger partial charge in [0, 0.05) is 34.7 Å². The van der Waals surface area contributed by atoms with Crippen molar-refractivity contribution in [2.24, 2.45) is 0 Å². The summed E-state index contributed by atoms with van der Waals surface area (Å²) >= 11 is 9.28. The third-order valence-corrected chi connectivity index (χ3v) is 4.35. The predicted octanol–water partition coefficient (Wildman–Crippen LogP) is 4.53. The zero-order valence-corrected chi connectivity index (χ0v) is 14.7. The van der Waals surface area contributed by atoms with Gasteiger partial charge in [-0.25, -0.2) is 0 Å². The zero-order valence-electron chi connectivity index (χ0n) is 12.3. The van der Waals surface area contributed by atoms with E-state index in [0.717, 1.165) is 32.9 Å². The first-order valence-electron chi connectivity index (χ1n) is 7.06. The van der Waals surface area contributed by atoms with Crippen LogP contribution in [0.2, 0.25) is 5.02 Å². The van der Waals surface area contributed by atoms with Gasteiger partial charge < -0.3 is 10.6 Å². The van der Waals surface area contributed by atoms with Gasteiger partial charge in [0.1, 0.15) is 0 Å². The Morgan fingerprint density at radius 3 is 2.59 bits per heavy atom. The molecule has 0 heterocycles. The van der Waals surface area contributed by atoms with E-state index in [9.17, 15) is 4.79 Å². The van der Waals surface area contributed by atoms with E-state index in [4.69, 9.17) is 11.6 Å². The lowest BCUT2D eigenvalue weighted by Crippen LogP contribution is -2.21. The van der Waals surface area contributed by atoms with Crippen molar-refractivity contribution in [3.8, 4) is 0 Å². The van der Waals surface area contributed by atoms with Gasteiger partial charge in [0.05, 0.1) is 0 Å². The third kappa shape index (κ3) is 5.44. The molecule has 116 valence electrons. The number of carbonyl (C=O) groups is 1.